The lowest BCUT2D eigenvalue weighted by Gasteiger charge is -2.16. The summed E-state index contributed by atoms with van der Waals surface area (Å²) in [6, 6.07) is 0. The van der Waals surface area contributed by atoms with Crippen molar-refractivity contribution in [2.45, 2.75) is 46.0 Å². The molecule has 0 spiro atoms. The highest BCUT2D eigenvalue weighted by atomic mass is 16.5. The molecule has 0 saturated carbocycles. The van der Waals surface area contributed by atoms with E-state index in [1.54, 1.807) is 0 Å². The molecule has 0 aromatic heterocycles. The van der Waals surface area contributed by atoms with E-state index in [9.17, 15) is 4.79 Å². The fourth-order valence-corrected chi connectivity index (χ4v) is 1.61. The lowest BCUT2D eigenvalue weighted by molar-refractivity contribution is -0.139. The smallest absolute Gasteiger partial charge is 0.333 e. The molecule has 0 radical (unpaired) electrons. The molecule has 1 aliphatic carbocycles. The summed E-state index contributed by atoms with van der Waals surface area (Å²) in [5.41, 5.74) is 2.16. The van der Waals surface area contributed by atoms with E-state index in [1.165, 1.54) is 12.0 Å². The second-order valence-corrected chi connectivity index (χ2v) is 3.60. The van der Waals surface area contributed by atoms with Crippen LogP contribution in [0.4, 0.5) is 0 Å². The maximum Gasteiger partial charge on any atom is 0.333 e. The SMILES string of the molecule is CCCOC(=O)C1=C(C)CCCC1. The lowest BCUT2D eigenvalue weighted by atomic mass is 9.93. The summed E-state index contributed by atoms with van der Waals surface area (Å²) in [6.45, 7) is 4.60. The van der Waals surface area contributed by atoms with Crippen LogP contribution in [0.1, 0.15) is 46.0 Å². The molecule has 0 aromatic carbocycles. The summed E-state index contributed by atoms with van der Waals surface area (Å²) >= 11 is 0. The Bertz CT molecular complexity index is 216. The van der Waals surface area contributed by atoms with Crippen molar-refractivity contribution in [2.75, 3.05) is 6.61 Å². The van der Waals surface area contributed by atoms with Crippen LogP contribution in [0, 0.1) is 0 Å². The van der Waals surface area contributed by atoms with Gasteiger partial charge in [0.15, 0.2) is 0 Å². The third kappa shape index (κ3) is 2.87. The maximum atomic E-state index is 11.5. The molecule has 74 valence electrons. The van der Waals surface area contributed by atoms with Gasteiger partial charge in [-0.3, -0.25) is 0 Å². The average molecular weight is 182 g/mol. The molecule has 0 amide bonds. The fourth-order valence-electron chi connectivity index (χ4n) is 1.61. The fraction of sp³-hybridized carbons (Fsp3) is 0.727. The number of allylic oxidation sites excluding steroid dienone is 1. The van der Waals surface area contributed by atoms with Crippen LogP contribution in [0.25, 0.3) is 0 Å². The van der Waals surface area contributed by atoms with E-state index < -0.39 is 0 Å². The maximum absolute atomic E-state index is 11.5. The van der Waals surface area contributed by atoms with Gasteiger partial charge in [0.2, 0.25) is 0 Å². The molecule has 0 N–H and O–H groups in total. The first kappa shape index (κ1) is 10.3. The zero-order chi connectivity index (χ0) is 9.68. The van der Waals surface area contributed by atoms with Crippen molar-refractivity contribution >= 4 is 5.97 Å². The molecule has 0 aromatic rings. The molecule has 0 aliphatic heterocycles. The molecule has 0 heterocycles. The van der Waals surface area contributed by atoms with Crippen molar-refractivity contribution in [3.8, 4) is 0 Å². The van der Waals surface area contributed by atoms with Gasteiger partial charge in [-0.05, 0) is 39.0 Å². The van der Waals surface area contributed by atoms with Gasteiger partial charge in [-0.15, -0.1) is 0 Å². The summed E-state index contributed by atoms with van der Waals surface area (Å²) in [7, 11) is 0. The van der Waals surface area contributed by atoms with Crippen LogP contribution < -0.4 is 0 Å². The van der Waals surface area contributed by atoms with E-state index in [-0.39, 0.29) is 5.97 Å². The number of ether oxygens (including phenoxy) is 1. The van der Waals surface area contributed by atoms with Gasteiger partial charge in [-0.1, -0.05) is 12.5 Å². The van der Waals surface area contributed by atoms with Crippen LogP contribution in [-0.4, -0.2) is 12.6 Å². The Hall–Kier alpha value is -0.790. The first-order chi connectivity index (χ1) is 6.25. The summed E-state index contributed by atoms with van der Waals surface area (Å²) in [6.07, 6.45) is 5.23. The highest BCUT2D eigenvalue weighted by Gasteiger charge is 2.16. The molecule has 2 heteroatoms. The molecule has 0 saturated heterocycles. The van der Waals surface area contributed by atoms with Crippen molar-refractivity contribution in [3.63, 3.8) is 0 Å². The van der Waals surface area contributed by atoms with Crippen molar-refractivity contribution < 1.29 is 9.53 Å². The Morgan fingerprint density at radius 1 is 1.38 bits per heavy atom. The molecule has 0 atom stereocenters. The minimum Gasteiger partial charge on any atom is -0.462 e. The second-order valence-electron chi connectivity index (χ2n) is 3.60. The van der Waals surface area contributed by atoms with Crippen LogP contribution >= 0.6 is 0 Å². The molecule has 0 fully saturated rings. The van der Waals surface area contributed by atoms with Gasteiger partial charge in [-0.2, -0.15) is 0 Å². The summed E-state index contributed by atoms with van der Waals surface area (Å²) in [5, 5.41) is 0. The highest BCUT2D eigenvalue weighted by molar-refractivity contribution is 5.89. The number of hydrogen-bond donors (Lipinski definition) is 0. The topological polar surface area (TPSA) is 26.3 Å². The molecule has 1 rings (SSSR count). The van der Waals surface area contributed by atoms with Gasteiger partial charge >= 0.3 is 5.97 Å². The van der Waals surface area contributed by atoms with E-state index in [1.807, 2.05) is 13.8 Å². The third-order valence-electron chi connectivity index (χ3n) is 2.43. The largest absolute Gasteiger partial charge is 0.462 e. The number of hydrogen-bond acceptors (Lipinski definition) is 2. The minimum atomic E-state index is -0.0842. The standard InChI is InChI=1S/C11H18O2/c1-3-8-13-11(12)10-7-5-4-6-9(10)2/h3-8H2,1-2H3. The zero-order valence-electron chi connectivity index (χ0n) is 8.56. The summed E-state index contributed by atoms with van der Waals surface area (Å²) < 4.78 is 5.10. The second kappa shape index (κ2) is 5.05. The number of rotatable bonds is 3. The summed E-state index contributed by atoms with van der Waals surface area (Å²) in [4.78, 5) is 11.5. The van der Waals surface area contributed by atoms with Gasteiger partial charge in [0.1, 0.15) is 0 Å². The lowest BCUT2D eigenvalue weighted by Crippen LogP contribution is -2.12. The van der Waals surface area contributed by atoms with Crippen LogP contribution in [0.5, 0.6) is 0 Å². The van der Waals surface area contributed by atoms with Crippen molar-refractivity contribution in [3.05, 3.63) is 11.1 Å². The Kier molecular flexibility index (Phi) is 4.00. The molecule has 0 unspecified atom stereocenters. The summed E-state index contributed by atoms with van der Waals surface area (Å²) in [5.74, 6) is -0.0842. The van der Waals surface area contributed by atoms with E-state index in [0.29, 0.717) is 6.61 Å². The number of carbonyl (C=O) groups is 1. The van der Waals surface area contributed by atoms with E-state index in [2.05, 4.69) is 0 Å². The molecule has 1 aliphatic rings. The van der Waals surface area contributed by atoms with Gasteiger partial charge in [-0.25, -0.2) is 4.79 Å². The molecule has 2 nitrogen and oxygen atoms in total. The minimum absolute atomic E-state index is 0.0842. The van der Waals surface area contributed by atoms with E-state index in [0.717, 1.165) is 31.3 Å². The van der Waals surface area contributed by atoms with Crippen molar-refractivity contribution in [1.29, 1.82) is 0 Å². The van der Waals surface area contributed by atoms with Crippen molar-refractivity contribution in [1.82, 2.24) is 0 Å². The Balaban J connectivity index is 2.53. The molecule has 0 bridgehead atoms. The normalized spacial score (nSPS) is 17.4. The number of esters is 1. The van der Waals surface area contributed by atoms with Gasteiger partial charge in [0.25, 0.3) is 0 Å². The Morgan fingerprint density at radius 2 is 2.08 bits per heavy atom. The Labute approximate surface area is 80.0 Å². The quantitative estimate of drug-likeness (QED) is 0.627. The predicted molar refractivity (Wildman–Crippen MR) is 52.4 cm³/mol. The molecule has 13 heavy (non-hydrogen) atoms. The first-order valence-electron chi connectivity index (χ1n) is 5.11. The van der Waals surface area contributed by atoms with Gasteiger partial charge < -0.3 is 4.74 Å². The van der Waals surface area contributed by atoms with Crippen LogP contribution in [-0.2, 0) is 9.53 Å². The van der Waals surface area contributed by atoms with E-state index in [4.69, 9.17) is 4.74 Å². The van der Waals surface area contributed by atoms with Crippen LogP contribution in [0.15, 0.2) is 11.1 Å². The van der Waals surface area contributed by atoms with E-state index >= 15 is 0 Å². The Morgan fingerprint density at radius 3 is 2.69 bits per heavy atom. The van der Waals surface area contributed by atoms with Crippen LogP contribution in [0.2, 0.25) is 0 Å². The monoisotopic (exact) mass is 182 g/mol. The number of carbonyl (C=O) groups excluding carboxylic acids is 1. The zero-order valence-corrected chi connectivity index (χ0v) is 8.56. The van der Waals surface area contributed by atoms with Gasteiger partial charge in [0.05, 0.1) is 6.61 Å². The van der Waals surface area contributed by atoms with Gasteiger partial charge in [0, 0.05) is 5.57 Å². The molecular weight excluding hydrogens is 164 g/mol. The third-order valence-corrected chi connectivity index (χ3v) is 2.43. The average Bonchev–Trinajstić information content (AvgIpc) is 2.15. The highest BCUT2D eigenvalue weighted by Crippen LogP contribution is 2.24. The first-order valence-corrected chi connectivity index (χ1v) is 5.11. The predicted octanol–water partition coefficient (Wildman–Crippen LogP) is 2.83. The molecular formula is C11H18O2. The van der Waals surface area contributed by atoms with Crippen molar-refractivity contribution in [2.24, 2.45) is 0 Å². The van der Waals surface area contributed by atoms with Crippen LogP contribution in [0.3, 0.4) is 0 Å².